The maximum absolute atomic E-state index is 6.63. The Kier molecular flexibility index (Phi) is 32.0. The highest BCUT2D eigenvalue weighted by Crippen LogP contribution is 2.30. The normalized spacial score (nSPS) is 11.3. The van der Waals surface area contributed by atoms with Gasteiger partial charge >= 0.3 is 7.32 Å². The van der Waals surface area contributed by atoms with Crippen molar-refractivity contribution in [2.75, 3.05) is 5.32 Å². The van der Waals surface area contributed by atoms with E-state index in [1.807, 2.05) is 24.3 Å². The molecule has 0 radical (unpaired) electrons. The summed E-state index contributed by atoms with van der Waals surface area (Å²) in [6.45, 7) is 10.9. The molecule has 0 heterocycles. The van der Waals surface area contributed by atoms with E-state index in [0.717, 1.165) is 11.4 Å². The van der Waals surface area contributed by atoms with E-state index < -0.39 is 7.32 Å². The zero-order valence-electron chi connectivity index (χ0n) is 41.8. The minimum atomic E-state index is -0.947. The van der Waals surface area contributed by atoms with Gasteiger partial charge in [-0.25, -0.2) is 0 Å². The Balaban J connectivity index is 1.48. The summed E-state index contributed by atoms with van der Waals surface area (Å²) in [5.74, 6) is 2.18. The van der Waals surface area contributed by atoms with E-state index in [4.69, 9.17) is 14.0 Å². The number of benzene rings is 3. The van der Waals surface area contributed by atoms with E-state index >= 15 is 0 Å². The molecule has 0 unspecified atom stereocenters. The van der Waals surface area contributed by atoms with Crippen LogP contribution in [-0.4, -0.2) is 13.4 Å². The van der Waals surface area contributed by atoms with Gasteiger partial charge in [0.1, 0.15) is 17.2 Å². The van der Waals surface area contributed by atoms with E-state index in [0.29, 0.717) is 17.5 Å². The highest BCUT2D eigenvalue weighted by Gasteiger charge is 2.31. The van der Waals surface area contributed by atoms with Crippen LogP contribution in [0.3, 0.4) is 0 Å². The summed E-state index contributed by atoms with van der Waals surface area (Å²) in [6, 6.07) is 23.0. The van der Waals surface area contributed by atoms with Crippen molar-refractivity contribution < 1.29 is 14.0 Å². The maximum atomic E-state index is 6.63. The van der Waals surface area contributed by atoms with Crippen LogP contribution in [0.25, 0.3) is 0 Å². The summed E-state index contributed by atoms with van der Waals surface area (Å²) in [5.41, 5.74) is 4.61. The van der Waals surface area contributed by atoms with Gasteiger partial charge in [0.2, 0.25) is 0 Å². The molecule has 354 valence electrons. The van der Waals surface area contributed by atoms with Crippen molar-refractivity contribution >= 4 is 13.0 Å². The fourth-order valence-corrected chi connectivity index (χ4v) is 8.88. The van der Waals surface area contributed by atoms with Crippen molar-refractivity contribution in [3.8, 4) is 17.2 Å². The van der Waals surface area contributed by atoms with Crippen LogP contribution in [0.1, 0.15) is 249 Å². The number of rotatable bonds is 42. The largest absolute Gasteiger partial charge is 0.864 e. The average molecular weight is 866 g/mol. The lowest BCUT2D eigenvalue weighted by Gasteiger charge is -2.24. The molecule has 0 saturated heterocycles. The molecule has 0 aliphatic heterocycles. The van der Waals surface area contributed by atoms with Crippen LogP contribution >= 0.6 is 0 Å². The predicted molar refractivity (Wildman–Crippen MR) is 277 cm³/mol. The lowest BCUT2D eigenvalue weighted by atomic mass is 9.98. The van der Waals surface area contributed by atoms with Crippen molar-refractivity contribution in [1.29, 1.82) is 0 Å². The van der Waals surface area contributed by atoms with Gasteiger partial charge < -0.3 is 19.3 Å². The molecule has 0 amide bonds. The third kappa shape index (κ3) is 28.4. The zero-order chi connectivity index (χ0) is 44.8. The topological polar surface area (TPSA) is 39.7 Å². The molecule has 1 N–H and O–H groups in total. The molecule has 0 fully saturated rings. The van der Waals surface area contributed by atoms with Crippen molar-refractivity contribution in [3.63, 3.8) is 0 Å². The molecule has 0 aliphatic rings. The molecule has 3 aromatic carbocycles. The second-order valence-electron chi connectivity index (χ2n) is 19.3. The van der Waals surface area contributed by atoms with Crippen LogP contribution < -0.4 is 19.3 Å². The fourth-order valence-electron chi connectivity index (χ4n) is 8.88. The molecule has 3 rings (SSSR count). The molecule has 4 nitrogen and oxygen atoms in total. The number of hydrogen-bond acceptors (Lipinski definition) is 4. The highest BCUT2D eigenvalue weighted by molar-refractivity contribution is 6.39. The first-order valence-corrected chi connectivity index (χ1v) is 27.0. The molecule has 0 spiro atoms. The van der Waals surface area contributed by atoms with Crippen LogP contribution in [-0.2, 0) is 0 Å². The summed E-state index contributed by atoms with van der Waals surface area (Å²) < 4.78 is 19.3. The summed E-state index contributed by atoms with van der Waals surface area (Å²) in [4.78, 5) is 0. The SMILES string of the molecule is CCCCCCCCCCCCCCCCCCC(CCCCCCCCCCCCCCCCCC)Nc1cc(C)ccc1OB(Oc1ccc(C)cc1)Oc1ccc(C)cc1. The minimum absolute atomic E-state index is 0.405. The third-order valence-electron chi connectivity index (χ3n) is 13.0. The Morgan fingerprint density at radius 1 is 0.365 bits per heavy atom. The van der Waals surface area contributed by atoms with E-state index in [1.165, 1.54) is 235 Å². The summed E-state index contributed by atoms with van der Waals surface area (Å²) in [6.07, 6.45) is 47.2. The molecular formula is C58H96BNO3. The maximum Gasteiger partial charge on any atom is 0.864 e. The van der Waals surface area contributed by atoms with Gasteiger partial charge in [0.15, 0.2) is 0 Å². The first-order valence-electron chi connectivity index (χ1n) is 27.0. The number of aryl methyl sites for hydroxylation is 3. The van der Waals surface area contributed by atoms with Gasteiger partial charge in [-0.15, -0.1) is 0 Å². The van der Waals surface area contributed by atoms with E-state index in [-0.39, 0.29) is 0 Å². The monoisotopic (exact) mass is 866 g/mol. The Morgan fingerprint density at radius 3 is 1.00 bits per heavy atom. The third-order valence-corrected chi connectivity index (χ3v) is 13.0. The first kappa shape index (κ1) is 54.3. The van der Waals surface area contributed by atoms with E-state index in [9.17, 15) is 0 Å². The predicted octanol–water partition coefficient (Wildman–Crippen LogP) is 19.2. The van der Waals surface area contributed by atoms with Gasteiger partial charge in [0.25, 0.3) is 0 Å². The van der Waals surface area contributed by atoms with Gasteiger partial charge in [-0.3, -0.25) is 0 Å². The molecule has 0 saturated carbocycles. The molecule has 63 heavy (non-hydrogen) atoms. The number of nitrogens with one attached hydrogen (secondary N) is 1. The van der Waals surface area contributed by atoms with Crippen LogP contribution in [0.2, 0.25) is 0 Å². The molecule has 5 heteroatoms. The Morgan fingerprint density at radius 2 is 0.667 bits per heavy atom. The number of hydrogen-bond donors (Lipinski definition) is 1. The second kappa shape index (κ2) is 37.2. The van der Waals surface area contributed by atoms with Crippen LogP contribution in [0.5, 0.6) is 17.2 Å². The highest BCUT2D eigenvalue weighted by atomic mass is 16.7. The van der Waals surface area contributed by atoms with Crippen molar-refractivity contribution in [2.24, 2.45) is 0 Å². The summed E-state index contributed by atoms with van der Waals surface area (Å²) >= 11 is 0. The lowest BCUT2D eigenvalue weighted by Crippen LogP contribution is -2.37. The summed E-state index contributed by atoms with van der Waals surface area (Å²) in [7, 11) is -0.947. The Labute approximate surface area is 390 Å². The smallest absolute Gasteiger partial charge is 0.490 e. The van der Waals surface area contributed by atoms with Gasteiger partial charge in [0, 0.05) is 6.04 Å². The molecule has 0 bridgehead atoms. The summed E-state index contributed by atoms with van der Waals surface area (Å²) in [5, 5.41) is 4.00. The van der Waals surface area contributed by atoms with E-state index in [2.05, 4.69) is 82.4 Å². The van der Waals surface area contributed by atoms with Crippen molar-refractivity contribution in [1.82, 2.24) is 0 Å². The minimum Gasteiger partial charge on any atom is -0.490 e. The fraction of sp³-hybridized carbons (Fsp3) is 0.690. The first-order chi connectivity index (χ1) is 31.0. The van der Waals surface area contributed by atoms with Crippen LogP contribution in [0.15, 0.2) is 66.7 Å². The lowest BCUT2D eigenvalue weighted by molar-refractivity contribution is 0.307. The zero-order valence-corrected chi connectivity index (χ0v) is 41.8. The van der Waals surface area contributed by atoms with Crippen LogP contribution in [0.4, 0.5) is 5.69 Å². The van der Waals surface area contributed by atoms with Crippen LogP contribution in [0, 0.1) is 20.8 Å². The van der Waals surface area contributed by atoms with Gasteiger partial charge in [-0.2, -0.15) is 0 Å². The molecule has 0 atom stereocenters. The Hall–Kier alpha value is -3.08. The van der Waals surface area contributed by atoms with Crippen molar-refractivity contribution in [3.05, 3.63) is 83.4 Å². The second-order valence-corrected chi connectivity index (χ2v) is 19.3. The standard InChI is InChI=1S/C58H96BNO3/c1-6-8-10-12-14-16-18-20-22-24-26-28-30-32-34-36-38-54(39-37-35-33-31-29-27-25-23-21-19-17-15-13-11-9-7-2)60-57-50-53(5)44-49-58(57)63-59(61-55-45-40-51(3)41-46-55)62-56-47-42-52(4)43-48-56/h40-50,54,60H,6-39H2,1-5H3. The van der Waals surface area contributed by atoms with Crippen molar-refractivity contribution in [2.45, 2.75) is 259 Å². The van der Waals surface area contributed by atoms with Gasteiger partial charge in [0.05, 0.1) is 5.69 Å². The molecule has 3 aromatic rings. The Bertz CT molecular complexity index is 1390. The quantitative estimate of drug-likeness (QED) is 0.0455. The molecule has 0 aromatic heterocycles. The molecule has 0 aliphatic carbocycles. The number of anilines is 1. The molecular weight excluding hydrogens is 769 g/mol. The number of unbranched alkanes of at least 4 members (excludes halogenated alkanes) is 30. The average Bonchev–Trinajstić information content (AvgIpc) is 3.28. The van der Waals surface area contributed by atoms with Gasteiger partial charge in [-0.1, -0.05) is 261 Å². The van der Waals surface area contributed by atoms with E-state index in [1.54, 1.807) is 0 Å². The van der Waals surface area contributed by atoms with Gasteiger partial charge in [-0.05, 0) is 75.6 Å².